The van der Waals surface area contributed by atoms with Crippen LogP contribution in [0.4, 0.5) is 0 Å². The van der Waals surface area contributed by atoms with Crippen molar-refractivity contribution in [3.63, 3.8) is 0 Å². The van der Waals surface area contributed by atoms with Gasteiger partial charge in [-0.3, -0.25) is 0 Å². The Morgan fingerprint density at radius 2 is 2.22 bits per heavy atom. The second-order valence-electron chi connectivity index (χ2n) is 6.75. The lowest BCUT2D eigenvalue weighted by atomic mass is 9.74. The fourth-order valence-corrected chi connectivity index (χ4v) is 3.93. The first-order chi connectivity index (χ1) is 11.2. The Bertz CT molecular complexity index is 706. The van der Waals surface area contributed by atoms with E-state index in [1.54, 1.807) is 7.11 Å². The van der Waals surface area contributed by atoms with Crippen molar-refractivity contribution >= 4 is 0 Å². The number of nitrogens with one attached hydrogen (secondary N) is 1. The number of hydrogen-bond acceptors (Lipinski definition) is 5. The molecule has 5 nitrogen and oxygen atoms in total. The van der Waals surface area contributed by atoms with Gasteiger partial charge in [-0.15, -0.1) is 0 Å². The summed E-state index contributed by atoms with van der Waals surface area (Å²) in [5.41, 5.74) is 2.68. The fourth-order valence-electron chi connectivity index (χ4n) is 3.93. The van der Waals surface area contributed by atoms with E-state index in [1.807, 2.05) is 6.92 Å². The van der Waals surface area contributed by atoms with Crippen LogP contribution >= 0.6 is 0 Å². The summed E-state index contributed by atoms with van der Waals surface area (Å²) in [5, 5.41) is 8.03. The van der Waals surface area contributed by atoms with E-state index in [-0.39, 0.29) is 5.54 Å². The highest BCUT2D eigenvalue weighted by atomic mass is 16.5. The van der Waals surface area contributed by atoms with Gasteiger partial charge in [0.25, 0.3) is 0 Å². The molecule has 2 aliphatic rings. The third-order valence-electron chi connectivity index (χ3n) is 5.30. The Kier molecular flexibility index (Phi) is 3.60. The first kappa shape index (κ1) is 14.7. The maximum atomic E-state index is 5.50. The number of benzene rings is 1. The van der Waals surface area contributed by atoms with Crippen molar-refractivity contribution < 1.29 is 9.26 Å². The van der Waals surface area contributed by atoms with Gasteiger partial charge in [-0.1, -0.05) is 17.3 Å². The summed E-state index contributed by atoms with van der Waals surface area (Å²) in [5.74, 6) is 2.50. The van der Waals surface area contributed by atoms with E-state index in [2.05, 4.69) is 33.7 Å². The Hall–Kier alpha value is -1.88. The van der Waals surface area contributed by atoms with E-state index in [9.17, 15) is 0 Å². The minimum Gasteiger partial charge on any atom is -0.496 e. The predicted molar refractivity (Wildman–Crippen MR) is 86.5 cm³/mol. The van der Waals surface area contributed by atoms with Crippen LogP contribution in [-0.4, -0.2) is 23.3 Å². The highest BCUT2D eigenvalue weighted by Crippen LogP contribution is 2.41. The van der Waals surface area contributed by atoms with Gasteiger partial charge in [0.1, 0.15) is 5.75 Å². The quantitative estimate of drug-likeness (QED) is 0.940. The number of aromatic nitrogens is 2. The number of nitrogens with zero attached hydrogens (tertiary/aromatic N) is 2. The molecule has 1 aromatic heterocycles. The van der Waals surface area contributed by atoms with Crippen LogP contribution in [0.1, 0.15) is 48.5 Å². The van der Waals surface area contributed by atoms with Crippen molar-refractivity contribution in [2.75, 3.05) is 7.11 Å². The van der Waals surface area contributed by atoms with E-state index in [0.29, 0.717) is 11.9 Å². The van der Waals surface area contributed by atoms with Crippen LogP contribution in [0, 0.1) is 6.92 Å². The van der Waals surface area contributed by atoms with Crippen LogP contribution in [0.25, 0.3) is 0 Å². The van der Waals surface area contributed by atoms with Gasteiger partial charge in [-0.25, -0.2) is 0 Å². The number of methoxy groups -OCH3 is 1. The molecule has 122 valence electrons. The van der Waals surface area contributed by atoms with Crippen molar-refractivity contribution in [3.8, 4) is 5.75 Å². The van der Waals surface area contributed by atoms with Crippen molar-refractivity contribution in [1.29, 1.82) is 0 Å². The van der Waals surface area contributed by atoms with Crippen LogP contribution in [0.5, 0.6) is 5.75 Å². The lowest BCUT2D eigenvalue weighted by Crippen LogP contribution is -2.54. The summed E-state index contributed by atoms with van der Waals surface area (Å²) < 4.78 is 10.7. The average Bonchev–Trinajstić information content (AvgIpc) is 2.96. The maximum Gasteiger partial charge on any atom is 0.223 e. The molecule has 1 aromatic carbocycles. The molecule has 0 aliphatic heterocycles. The summed E-state index contributed by atoms with van der Waals surface area (Å²) in [4.78, 5) is 4.48. The smallest absolute Gasteiger partial charge is 0.223 e. The van der Waals surface area contributed by atoms with Crippen molar-refractivity contribution in [2.24, 2.45) is 0 Å². The van der Waals surface area contributed by atoms with E-state index in [0.717, 1.165) is 43.7 Å². The standard InChI is InChI=1S/C18H23N3O2/c1-12-19-17(21-23-12)18(9-4-10-18)20-14-7-8-15-13(11-14)5-3-6-16(15)22-2/h3,5-6,14,20H,4,7-11H2,1-2H3. The lowest BCUT2D eigenvalue weighted by molar-refractivity contribution is 0.141. The first-order valence-electron chi connectivity index (χ1n) is 8.43. The molecule has 5 heteroatoms. The third kappa shape index (κ3) is 2.53. The third-order valence-corrected chi connectivity index (χ3v) is 5.30. The Morgan fingerprint density at radius 3 is 2.87 bits per heavy atom. The van der Waals surface area contributed by atoms with Gasteiger partial charge in [0.2, 0.25) is 5.89 Å². The second-order valence-corrected chi connectivity index (χ2v) is 6.75. The molecule has 4 rings (SSSR count). The van der Waals surface area contributed by atoms with Crippen molar-refractivity contribution in [2.45, 2.75) is 57.0 Å². The zero-order valence-electron chi connectivity index (χ0n) is 13.8. The molecule has 1 unspecified atom stereocenters. The molecule has 2 aliphatic carbocycles. The molecule has 1 N–H and O–H groups in total. The van der Waals surface area contributed by atoms with Gasteiger partial charge < -0.3 is 14.6 Å². The topological polar surface area (TPSA) is 60.2 Å². The molecular weight excluding hydrogens is 290 g/mol. The highest BCUT2D eigenvalue weighted by Gasteiger charge is 2.44. The van der Waals surface area contributed by atoms with Crippen LogP contribution in [0.2, 0.25) is 0 Å². The molecule has 0 bridgehead atoms. The predicted octanol–water partition coefficient (Wildman–Crippen LogP) is 2.91. The van der Waals surface area contributed by atoms with E-state index in [1.165, 1.54) is 17.5 Å². The first-order valence-corrected chi connectivity index (χ1v) is 8.43. The molecule has 1 fully saturated rings. The van der Waals surface area contributed by atoms with Crippen LogP contribution < -0.4 is 10.1 Å². The van der Waals surface area contributed by atoms with Crippen LogP contribution in [0.3, 0.4) is 0 Å². The molecule has 0 amide bonds. The zero-order valence-corrected chi connectivity index (χ0v) is 13.8. The van der Waals surface area contributed by atoms with Crippen LogP contribution in [-0.2, 0) is 18.4 Å². The molecule has 0 spiro atoms. The molecule has 0 radical (unpaired) electrons. The van der Waals surface area contributed by atoms with Crippen molar-refractivity contribution in [1.82, 2.24) is 15.5 Å². The van der Waals surface area contributed by atoms with E-state index < -0.39 is 0 Å². The van der Waals surface area contributed by atoms with Crippen molar-refractivity contribution in [3.05, 3.63) is 41.0 Å². The Morgan fingerprint density at radius 1 is 1.35 bits per heavy atom. The minimum atomic E-state index is -0.0845. The highest BCUT2D eigenvalue weighted by molar-refractivity contribution is 5.42. The normalized spacial score (nSPS) is 22.3. The van der Waals surface area contributed by atoms with Gasteiger partial charge in [-0.2, -0.15) is 4.98 Å². The van der Waals surface area contributed by atoms with Gasteiger partial charge >= 0.3 is 0 Å². The SMILES string of the molecule is COc1cccc2c1CCC(NC1(c3noc(C)n3)CCC1)C2. The number of rotatable bonds is 4. The van der Waals surface area contributed by atoms with E-state index in [4.69, 9.17) is 9.26 Å². The molecule has 1 saturated carbocycles. The lowest BCUT2D eigenvalue weighted by Gasteiger charge is -2.43. The average molecular weight is 313 g/mol. The Balaban J connectivity index is 1.53. The molecule has 1 heterocycles. The summed E-state index contributed by atoms with van der Waals surface area (Å²) in [6.07, 6.45) is 6.61. The minimum absolute atomic E-state index is 0.0845. The summed E-state index contributed by atoms with van der Waals surface area (Å²) in [6, 6.07) is 6.82. The summed E-state index contributed by atoms with van der Waals surface area (Å²) in [7, 11) is 1.75. The number of aryl methyl sites for hydroxylation is 1. The summed E-state index contributed by atoms with van der Waals surface area (Å²) in [6.45, 7) is 1.85. The second kappa shape index (κ2) is 5.64. The molecule has 1 atom stereocenters. The Labute approximate surface area is 136 Å². The summed E-state index contributed by atoms with van der Waals surface area (Å²) >= 11 is 0. The van der Waals surface area contributed by atoms with Gasteiger partial charge in [-0.05, 0) is 55.7 Å². The number of hydrogen-bond donors (Lipinski definition) is 1. The fraction of sp³-hybridized carbons (Fsp3) is 0.556. The number of fused-ring (bicyclic) bond motifs is 1. The van der Waals surface area contributed by atoms with Gasteiger partial charge in [0.15, 0.2) is 5.82 Å². The zero-order chi connectivity index (χ0) is 15.9. The maximum absolute atomic E-state index is 5.50. The van der Waals surface area contributed by atoms with Crippen LogP contribution in [0.15, 0.2) is 22.7 Å². The largest absolute Gasteiger partial charge is 0.496 e. The molecule has 2 aromatic rings. The van der Waals surface area contributed by atoms with E-state index >= 15 is 0 Å². The van der Waals surface area contributed by atoms with Gasteiger partial charge in [0.05, 0.1) is 12.6 Å². The molecular formula is C18H23N3O2. The number of ether oxygens (including phenoxy) is 1. The molecule has 0 saturated heterocycles. The van der Waals surface area contributed by atoms with Gasteiger partial charge in [0, 0.05) is 13.0 Å². The molecule has 23 heavy (non-hydrogen) atoms. The monoisotopic (exact) mass is 313 g/mol.